The monoisotopic (exact) mass is 527 g/mol. The Hall–Kier alpha value is -3.71. The summed E-state index contributed by atoms with van der Waals surface area (Å²) in [6.45, 7) is 5.12. The number of nitrogens with zero attached hydrogens (tertiary/aromatic N) is 2. The summed E-state index contributed by atoms with van der Waals surface area (Å²) in [5, 5.41) is 4.43. The number of anilines is 1. The zero-order chi connectivity index (χ0) is 26.2. The molecule has 0 spiro atoms. The highest BCUT2D eigenvalue weighted by Gasteiger charge is 2.36. The van der Waals surface area contributed by atoms with Crippen molar-refractivity contribution in [2.75, 3.05) is 19.0 Å². The van der Waals surface area contributed by atoms with E-state index in [9.17, 15) is 4.79 Å². The smallest absolute Gasteiger partial charge is 0.323 e. The van der Waals surface area contributed by atoms with Crippen molar-refractivity contribution >= 4 is 23.1 Å². The van der Waals surface area contributed by atoms with Gasteiger partial charge in [0.15, 0.2) is 0 Å². The minimum absolute atomic E-state index is 0.155. The van der Waals surface area contributed by atoms with E-state index in [4.69, 9.17) is 9.47 Å². The van der Waals surface area contributed by atoms with Crippen LogP contribution in [0.2, 0.25) is 0 Å². The van der Waals surface area contributed by atoms with Gasteiger partial charge in [-0.1, -0.05) is 18.2 Å². The Morgan fingerprint density at radius 1 is 1.08 bits per heavy atom. The molecule has 1 aliphatic heterocycles. The minimum atomic E-state index is -0.292. The number of methoxy groups -OCH3 is 1. The van der Waals surface area contributed by atoms with Crippen molar-refractivity contribution in [3.63, 3.8) is 0 Å². The number of thiophene rings is 1. The summed E-state index contributed by atoms with van der Waals surface area (Å²) in [5.74, 6) is 1.45. The second-order valence-corrected chi connectivity index (χ2v) is 11.1. The second-order valence-electron chi connectivity index (χ2n) is 9.97. The maximum Gasteiger partial charge on any atom is 0.323 e. The van der Waals surface area contributed by atoms with Crippen molar-refractivity contribution in [2.24, 2.45) is 0 Å². The molecule has 0 saturated carbocycles. The number of amides is 2. The number of ether oxygens (including phenoxy) is 2. The van der Waals surface area contributed by atoms with Gasteiger partial charge in [0.25, 0.3) is 0 Å². The normalized spacial score (nSPS) is 16.2. The molecule has 2 amide bonds. The van der Waals surface area contributed by atoms with Crippen LogP contribution in [0.15, 0.2) is 60.8 Å². The van der Waals surface area contributed by atoms with E-state index in [1.165, 1.54) is 33.8 Å². The summed E-state index contributed by atoms with van der Waals surface area (Å²) >= 11 is 1.89. The Bertz CT molecular complexity index is 1490. The van der Waals surface area contributed by atoms with E-state index in [0.29, 0.717) is 24.6 Å². The molecule has 2 aliphatic rings. The quantitative estimate of drug-likeness (QED) is 0.297. The minimum Gasteiger partial charge on any atom is -0.495 e. The standard InChI is InChI=1S/C31H33N3O3S/c1-4-37-22-10-7-9-21(18-22)29-26-12-8-16-33(26)30-24(23-11-5-6-13-28(23)38-30)19-34(29)31(35)32-25-17-20(2)14-15-27(25)36-3/h7-10,12,14-18,29H,4-6,11,13,19H2,1-3H3,(H,32,35). The van der Waals surface area contributed by atoms with Gasteiger partial charge in [0.1, 0.15) is 16.5 Å². The Balaban J connectivity index is 1.49. The van der Waals surface area contributed by atoms with Gasteiger partial charge in [-0.05, 0) is 92.6 Å². The molecular formula is C31H33N3O3S. The number of benzene rings is 2. The van der Waals surface area contributed by atoms with Gasteiger partial charge in [0, 0.05) is 16.6 Å². The van der Waals surface area contributed by atoms with E-state index >= 15 is 0 Å². The van der Waals surface area contributed by atoms with Crippen molar-refractivity contribution in [2.45, 2.75) is 52.1 Å². The molecule has 2 aromatic carbocycles. The fraction of sp³-hybridized carbons (Fsp3) is 0.323. The Kier molecular flexibility index (Phi) is 6.62. The third-order valence-electron chi connectivity index (χ3n) is 7.52. The number of hydrogen-bond donors (Lipinski definition) is 1. The number of carbonyl (C=O) groups is 1. The van der Waals surface area contributed by atoms with Crippen LogP contribution < -0.4 is 14.8 Å². The number of carbonyl (C=O) groups excluding carboxylic acids is 1. The number of fused-ring (bicyclic) bond motifs is 5. The molecule has 0 radical (unpaired) electrons. The van der Waals surface area contributed by atoms with Crippen LogP contribution in [0, 0.1) is 6.92 Å². The van der Waals surface area contributed by atoms with Gasteiger partial charge >= 0.3 is 6.03 Å². The lowest BCUT2D eigenvalue weighted by molar-refractivity contribution is 0.194. The molecule has 7 heteroatoms. The molecule has 0 fully saturated rings. The highest BCUT2D eigenvalue weighted by atomic mass is 32.1. The number of aromatic nitrogens is 1. The second kappa shape index (κ2) is 10.2. The molecule has 6 rings (SSSR count). The van der Waals surface area contributed by atoms with Gasteiger partial charge in [-0.15, -0.1) is 11.3 Å². The average Bonchev–Trinajstić information content (AvgIpc) is 3.51. The topological polar surface area (TPSA) is 55.7 Å². The highest BCUT2D eigenvalue weighted by molar-refractivity contribution is 7.15. The zero-order valence-electron chi connectivity index (χ0n) is 22.1. The maximum atomic E-state index is 14.2. The SMILES string of the molecule is CCOc1cccc(C2c3cccn3-c3sc4c(c3CN2C(=O)Nc2cc(C)ccc2OC)CCCC4)c1. The molecular weight excluding hydrogens is 494 g/mol. The molecule has 3 heterocycles. The Morgan fingerprint density at radius 2 is 1.95 bits per heavy atom. The fourth-order valence-electron chi connectivity index (χ4n) is 5.79. The first-order valence-corrected chi connectivity index (χ1v) is 14.1. The van der Waals surface area contributed by atoms with Crippen LogP contribution in [-0.2, 0) is 19.4 Å². The summed E-state index contributed by atoms with van der Waals surface area (Å²) in [7, 11) is 1.63. The van der Waals surface area contributed by atoms with Crippen molar-refractivity contribution in [3.8, 4) is 16.5 Å². The first-order chi connectivity index (χ1) is 18.6. The van der Waals surface area contributed by atoms with Crippen LogP contribution in [0.5, 0.6) is 11.5 Å². The summed E-state index contributed by atoms with van der Waals surface area (Å²) in [6.07, 6.45) is 6.76. The molecule has 1 N–H and O–H groups in total. The van der Waals surface area contributed by atoms with Crippen molar-refractivity contribution in [3.05, 3.63) is 93.6 Å². The predicted octanol–water partition coefficient (Wildman–Crippen LogP) is 7.27. The van der Waals surface area contributed by atoms with Gasteiger partial charge in [0.2, 0.25) is 0 Å². The lowest BCUT2D eigenvalue weighted by Gasteiger charge is -2.32. The molecule has 0 bridgehead atoms. The first kappa shape index (κ1) is 24.6. The van der Waals surface area contributed by atoms with Gasteiger partial charge in [-0.3, -0.25) is 0 Å². The van der Waals surface area contributed by atoms with Crippen LogP contribution in [0.3, 0.4) is 0 Å². The van der Waals surface area contributed by atoms with Crippen LogP contribution in [0.1, 0.15) is 58.6 Å². The Labute approximate surface area is 227 Å². The van der Waals surface area contributed by atoms with Crippen molar-refractivity contribution in [1.82, 2.24) is 9.47 Å². The third kappa shape index (κ3) is 4.35. The fourth-order valence-corrected chi connectivity index (χ4v) is 7.19. The van der Waals surface area contributed by atoms with Gasteiger partial charge < -0.3 is 24.3 Å². The molecule has 0 saturated heterocycles. The third-order valence-corrected chi connectivity index (χ3v) is 8.85. The van der Waals surface area contributed by atoms with E-state index in [0.717, 1.165) is 35.4 Å². The number of aryl methyl sites for hydroxylation is 2. The van der Waals surface area contributed by atoms with E-state index in [-0.39, 0.29) is 12.1 Å². The van der Waals surface area contributed by atoms with Crippen LogP contribution >= 0.6 is 11.3 Å². The maximum absolute atomic E-state index is 14.2. The first-order valence-electron chi connectivity index (χ1n) is 13.3. The van der Waals surface area contributed by atoms with Crippen LogP contribution in [0.25, 0.3) is 5.00 Å². The van der Waals surface area contributed by atoms with E-state index < -0.39 is 0 Å². The van der Waals surface area contributed by atoms with Gasteiger partial charge in [-0.2, -0.15) is 0 Å². The molecule has 4 aromatic rings. The largest absolute Gasteiger partial charge is 0.495 e. The number of nitrogens with one attached hydrogen (secondary N) is 1. The van der Waals surface area contributed by atoms with Crippen LogP contribution in [-0.4, -0.2) is 29.2 Å². The van der Waals surface area contributed by atoms with Crippen LogP contribution in [0.4, 0.5) is 10.5 Å². The summed E-state index contributed by atoms with van der Waals surface area (Å²) < 4.78 is 13.7. The number of hydrogen-bond acceptors (Lipinski definition) is 4. The van der Waals surface area contributed by atoms with Gasteiger partial charge in [-0.25, -0.2) is 4.79 Å². The highest BCUT2D eigenvalue weighted by Crippen LogP contribution is 2.44. The molecule has 1 unspecified atom stereocenters. The molecule has 6 nitrogen and oxygen atoms in total. The average molecular weight is 528 g/mol. The summed E-state index contributed by atoms with van der Waals surface area (Å²) in [6, 6.07) is 17.8. The predicted molar refractivity (Wildman–Crippen MR) is 152 cm³/mol. The summed E-state index contributed by atoms with van der Waals surface area (Å²) in [5.41, 5.74) is 6.53. The molecule has 38 heavy (non-hydrogen) atoms. The lowest BCUT2D eigenvalue weighted by atomic mass is 9.95. The van der Waals surface area contributed by atoms with Crippen molar-refractivity contribution < 1.29 is 14.3 Å². The molecule has 2 aromatic heterocycles. The molecule has 1 aliphatic carbocycles. The van der Waals surface area contributed by atoms with E-state index in [1.54, 1.807) is 7.11 Å². The number of rotatable bonds is 5. The van der Waals surface area contributed by atoms with E-state index in [2.05, 4.69) is 40.3 Å². The zero-order valence-corrected chi connectivity index (χ0v) is 22.9. The Morgan fingerprint density at radius 3 is 2.79 bits per heavy atom. The molecule has 196 valence electrons. The lowest BCUT2D eigenvalue weighted by Crippen LogP contribution is -2.38. The van der Waals surface area contributed by atoms with Gasteiger partial charge in [0.05, 0.1) is 37.7 Å². The van der Waals surface area contributed by atoms with E-state index in [1.807, 2.05) is 60.4 Å². The van der Waals surface area contributed by atoms with Crippen molar-refractivity contribution in [1.29, 1.82) is 0 Å². The summed E-state index contributed by atoms with van der Waals surface area (Å²) in [4.78, 5) is 17.7. The number of urea groups is 1. The molecule has 1 atom stereocenters.